The minimum absolute atomic E-state index is 0. The molecule has 0 bridgehead atoms. The van der Waals surface area contributed by atoms with E-state index in [4.69, 9.17) is 10.2 Å². The Kier molecular flexibility index (Phi) is 4.62. The molecule has 25 heavy (non-hydrogen) atoms. The first-order chi connectivity index (χ1) is 11.2. The number of aromatic carboxylic acids is 3. The van der Waals surface area contributed by atoms with Crippen molar-refractivity contribution in [3.05, 3.63) is 40.3 Å². The summed E-state index contributed by atoms with van der Waals surface area (Å²) in [5.74, 6) is -6.87. The van der Waals surface area contributed by atoms with Crippen LogP contribution >= 0.6 is 0 Å². The van der Waals surface area contributed by atoms with Gasteiger partial charge in [0.05, 0.1) is 16.8 Å². The van der Waals surface area contributed by atoms with Gasteiger partial charge in [0.25, 0.3) is 5.78 Å². The first-order valence-corrected chi connectivity index (χ1v) is 6.29. The van der Waals surface area contributed by atoms with Crippen molar-refractivity contribution in [2.75, 3.05) is 0 Å². The Bertz CT molecular complexity index is 991. The van der Waals surface area contributed by atoms with E-state index < -0.39 is 52.1 Å². The van der Waals surface area contributed by atoms with E-state index in [-0.39, 0.29) is 46.4 Å². The van der Waals surface area contributed by atoms with Crippen molar-refractivity contribution in [2.45, 2.75) is 0 Å². The number of carbonyl (C=O) groups excluding carboxylic acids is 2. The second kappa shape index (κ2) is 6.24. The fraction of sp³-hybridized carbons (Fsp3) is 0. The van der Waals surface area contributed by atoms with Gasteiger partial charge in [-0.25, -0.2) is 19.4 Å². The number of carboxylic acids is 3. The summed E-state index contributed by atoms with van der Waals surface area (Å²) in [6, 6.07) is 1.65. The third-order valence-electron chi connectivity index (χ3n) is 3.43. The van der Waals surface area contributed by atoms with Crippen LogP contribution in [0.4, 0.5) is 0 Å². The van der Waals surface area contributed by atoms with Crippen LogP contribution in [-0.4, -0.2) is 54.8 Å². The van der Waals surface area contributed by atoms with Gasteiger partial charge in [-0.05, 0) is 12.1 Å². The molecule has 0 aromatic carbocycles. The van der Waals surface area contributed by atoms with Crippen LogP contribution in [0.2, 0.25) is 0 Å². The summed E-state index contributed by atoms with van der Waals surface area (Å²) < 4.78 is 0. The maximum atomic E-state index is 12.1. The summed E-state index contributed by atoms with van der Waals surface area (Å²) in [6.07, 6.45) is 0. The molecule has 120 valence electrons. The van der Waals surface area contributed by atoms with Crippen LogP contribution in [0.15, 0.2) is 12.1 Å². The van der Waals surface area contributed by atoms with Gasteiger partial charge in [0.2, 0.25) is 5.78 Å². The maximum absolute atomic E-state index is 12.1. The molecule has 2 heterocycles. The van der Waals surface area contributed by atoms with E-state index in [1.165, 1.54) is 0 Å². The Hall–Kier alpha value is -2.82. The fourth-order valence-corrected chi connectivity index (χ4v) is 2.42. The van der Waals surface area contributed by atoms with E-state index in [0.717, 1.165) is 12.1 Å². The number of aromatic nitrogens is 2. The van der Waals surface area contributed by atoms with Crippen LogP contribution < -0.4 is 29.6 Å². The number of pyridine rings is 1. The number of H-pyrrole nitrogens is 1. The quantitative estimate of drug-likeness (QED) is 0.345. The van der Waals surface area contributed by atoms with E-state index in [1.54, 1.807) is 0 Å². The van der Waals surface area contributed by atoms with Crippen molar-refractivity contribution in [3.8, 4) is 11.3 Å². The second-order valence-electron chi connectivity index (χ2n) is 4.82. The maximum Gasteiger partial charge on any atom is 1.00 e. The second-order valence-corrected chi connectivity index (χ2v) is 4.82. The molecule has 0 fully saturated rings. The summed E-state index contributed by atoms with van der Waals surface area (Å²) in [5.41, 5.74) is -3.21. The molecule has 0 radical (unpaired) electrons. The number of carboxylic acid groups (broad SMARTS) is 3. The number of carbonyl (C=O) groups is 5. The van der Waals surface area contributed by atoms with E-state index in [1.807, 2.05) is 0 Å². The summed E-state index contributed by atoms with van der Waals surface area (Å²) in [4.78, 5) is 63.7. The molecule has 0 saturated carbocycles. The molecule has 0 spiro atoms. The molecule has 1 aliphatic carbocycles. The zero-order valence-electron chi connectivity index (χ0n) is 12.5. The number of hydrogen-bond donors (Lipinski definition) is 4. The van der Waals surface area contributed by atoms with Gasteiger partial charge in [-0.3, -0.25) is 9.59 Å². The minimum atomic E-state index is -1.58. The minimum Gasteiger partial charge on any atom is -0.478 e. The molecule has 0 aliphatic heterocycles. The van der Waals surface area contributed by atoms with Crippen LogP contribution in [0.3, 0.4) is 0 Å². The molecule has 1 aliphatic rings. The largest absolute Gasteiger partial charge is 1.00 e. The van der Waals surface area contributed by atoms with E-state index in [2.05, 4.69) is 9.97 Å². The molecule has 11 heteroatoms. The predicted octanol–water partition coefficient (Wildman–Crippen LogP) is -2.45. The van der Waals surface area contributed by atoms with Gasteiger partial charge in [-0.15, -0.1) is 0 Å². The predicted molar refractivity (Wildman–Crippen MR) is 73.6 cm³/mol. The zero-order valence-corrected chi connectivity index (χ0v) is 14.5. The van der Waals surface area contributed by atoms with Crippen molar-refractivity contribution in [3.63, 3.8) is 0 Å². The Morgan fingerprint density at radius 2 is 1.56 bits per heavy atom. The number of fused-ring (bicyclic) bond motifs is 3. The SMILES string of the molecule is O=C(O)c1cc(C(=O)O)c2c(n1)C(=O)C(=O)c1cc(C(=O)O)[nH]c1-2.[Na+]. The molecule has 0 amide bonds. The van der Waals surface area contributed by atoms with E-state index in [0.29, 0.717) is 0 Å². The Morgan fingerprint density at radius 3 is 2.08 bits per heavy atom. The summed E-state index contributed by atoms with van der Waals surface area (Å²) >= 11 is 0. The molecule has 2 aromatic heterocycles. The van der Waals surface area contributed by atoms with Gasteiger partial charge in [0.1, 0.15) is 17.1 Å². The Morgan fingerprint density at radius 1 is 0.920 bits per heavy atom. The van der Waals surface area contributed by atoms with Crippen molar-refractivity contribution in [2.24, 2.45) is 0 Å². The fourth-order valence-electron chi connectivity index (χ4n) is 2.42. The van der Waals surface area contributed by atoms with E-state index in [9.17, 15) is 29.1 Å². The van der Waals surface area contributed by atoms with Crippen LogP contribution in [-0.2, 0) is 0 Å². The van der Waals surface area contributed by atoms with Crippen LogP contribution in [0, 0.1) is 0 Å². The molecule has 2 aromatic rings. The van der Waals surface area contributed by atoms with Gasteiger partial charge in [-0.1, -0.05) is 0 Å². The monoisotopic (exact) mass is 353 g/mol. The summed E-state index contributed by atoms with van der Waals surface area (Å²) in [7, 11) is 0. The standard InChI is InChI=1S/C14H6N2O8.Na/c17-10-4-2-6(14(23)24)15-8(4)7-3(12(19)20)1-5(13(21)22)16-9(7)11(10)18;/h1-2,15H,(H,19,20)(H,21,22)(H,23,24);/q;+1. The molecule has 0 atom stereocenters. The Balaban J connectivity index is 0.00000225. The number of nitrogens with one attached hydrogen (secondary N) is 1. The normalized spacial score (nSPS) is 12.0. The van der Waals surface area contributed by atoms with Crippen molar-refractivity contribution in [1.29, 1.82) is 0 Å². The average Bonchev–Trinajstić information content (AvgIpc) is 2.96. The molecular weight excluding hydrogens is 347 g/mol. The number of ketones is 2. The average molecular weight is 353 g/mol. The third kappa shape index (κ3) is 2.76. The van der Waals surface area contributed by atoms with Gasteiger partial charge in [0.15, 0.2) is 0 Å². The molecular formula is C14H6N2NaO8+. The zero-order chi connectivity index (χ0) is 17.8. The van der Waals surface area contributed by atoms with Crippen molar-refractivity contribution in [1.82, 2.24) is 9.97 Å². The number of Topliss-reactive ketones (excluding diaryl/α,β-unsaturated/α-hetero) is 2. The number of nitrogens with zero attached hydrogens (tertiary/aromatic N) is 1. The number of hydrogen-bond acceptors (Lipinski definition) is 6. The molecule has 0 unspecified atom stereocenters. The van der Waals surface area contributed by atoms with Crippen LogP contribution in [0.5, 0.6) is 0 Å². The smallest absolute Gasteiger partial charge is 0.478 e. The molecule has 10 nitrogen and oxygen atoms in total. The third-order valence-corrected chi connectivity index (χ3v) is 3.43. The first-order valence-electron chi connectivity index (χ1n) is 6.29. The Labute approximate surface area is 159 Å². The van der Waals surface area contributed by atoms with Gasteiger partial charge in [0, 0.05) is 5.56 Å². The summed E-state index contributed by atoms with van der Waals surface area (Å²) in [6.45, 7) is 0. The first kappa shape index (κ1) is 18.5. The topological polar surface area (TPSA) is 175 Å². The van der Waals surface area contributed by atoms with Crippen LogP contribution in [0.1, 0.15) is 52.2 Å². The van der Waals surface area contributed by atoms with Crippen LogP contribution in [0.25, 0.3) is 11.3 Å². The van der Waals surface area contributed by atoms with Gasteiger partial charge < -0.3 is 20.3 Å². The van der Waals surface area contributed by atoms with Gasteiger partial charge >= 0.3 is 47.5 Å². The van der Waals surface area contributed by atoms with E-state index >= 15 is 0 Å². The van der Waals surface area contributed by atoms with Crippen molar-refractivity contribution >= 4 is 29.5 Å². The molecule has 4 N–H and O–H groups in total. The summed E-state index contributed by atoms with van der Waals surface area (Å²) in [5, 5.41) is 27.3. The van der Waals surface area contributed by atoms with Crippen molar-refractivity contribution < 1.29 is 68.8 Å². The van der Waals surface area contributed by atoms with Gasteiger partial charge in [-0.2, -0.15) is 0 Å². The number of rotatable bonds is 3. The number of aromatic amines is 1. The molecule has 3 rings (SSSR count). The molecule has 0 saturated heterocycles.